The zero-order valence-corrected chi connectivity index (χ0v) is 16.5. The third-order valence-corrected chi connectivity index (χ3v) is 5.24. The van der Waals surface area contributed by atoms with Crippen molar-refractivity contribution in [2.45, 2.75) is 25.2 Å². The van der Waals surface area contributed by atoms with Gasteiger partial charge in [0.15, 0.2) is 5.69 Å². The van der Waals surface area contributed by atoms with Gasteiger partial charge in [0.1, 0.15) is 0 Å². The average Bonchev–Trinajstić information content (AvgIpc) is 3.35. The van der Waals surface area contributed by atoms with E-state index in [0.717, 1.165) is 35.5 Å². The minimum absolute atomic E-state index is 0.172. The van der Waals surface area contributed by atoms with E-state index in [1.807, 2.05) is 77.7 Å². The van der Waals surface area contributed by atoms with Gasteiger partial charge in [-0.2, -0.15) is 5.10 Å². The maximum Gasteiger partial charge on any atom is 0.273 e. The number of carbonyl (C=O) groups is 1. The molecule has 1 N–H and O–H groups in total. The number of amides is 1. The molecule has 0 atom stereocenters. The zero-order chi connectivity index (χ0) is 20.3. The van der Waals surface area contributed by atoms with Gasteiger partial charge >= 0.3 is 0 Å². The van der Waals surface area contributed by atoms with E-state index in [1.54, 1.807) is 4.68 Å². The van der Waals surface area contributed by atoms with Crippen LogP contribution < -0.4 is 5.32 Å². The summed E-state index contributed by atoms with van der Waals surface area (Å²) in [6, 6.07) is 19.8. The van der Waals surface area contributed by atoms with Gasteiger partial charge in [0.25, 0.3) is 5.91 Å². The fraction of sp³-hybridized carbons (Fsp3) is 0.217. The Morgan fingerprint density at radius 1 is 1.00 bits per heavy atom. The van der Waals surface area contributed by atoms with Gasteiger partial charge in [-0.1, -0.05) is 41.6 Å². The molecule has 30 heavy (non-hydrogen) atoms. The summed E-state index contributed by atoms with van der Waals surface area (Å²) in [5, 5.41) is 15.9. The zero-order valence-electron chi connectivity index (χ0n) is 16.5. The molecule has 1 aliphatic rings. The highest BCUT2D eigenvalue weighted by Gasteiger charge is 2.34. The second-order valence-corrected chi connectivity index (χ2v) is 7.48. The maximum absolute atomic E-state index is 12.8. The van der Waals surface area contributed by atoms with Crippen LogP contribution in [0.5, 0.6) is 0 Å². The summed E-state index contributed by atoms with van der Waals surface area (Å²) in [4.78, 5) is 12.8. The minimum atomic E-state index is -0.172. The first-order valence-electron chi connectivity index (χ1n) is 10.2. The lowest BCUT2D eigenvalue weighted by atomic mass is 10.2. The van der Waals surface area contributed by atoms with Gasteiger partial charge in [-0.25, -0.2) is 9.36 Å². The average molecular weight is 398 g/mol. The fourth-order valence-corrected chi connectivity index (χ4v) is 3.55. The molecular weight excluding hydrogens is 376 g/mol. The van der Waals surface area contributed by atoms with Crippen LogP contribution >= 0.6 is 0 Å². The summed E-state index contributed by atoms with van der Waals surface area (Å²) in [5.74, 6) is 0.180. The van der Waals surface area contributed by atoms with Crippen LogP contribution in [0.3, 0.4) is 0 Å². The first-order chi connectivity index (χ1) is 14.8. The van der Waals surface area contributed by atoms with E-state index in [2.05, 4.69) is 20.7 Å². The summed E-state index contributed by atoms with van der Waals surface area (Å²) < 4.78 is 3.64. The summed E-state index contributed by atoms with van der Waals surface area (Å²) in [5.41, 5.74) is 4.35. The first kappa shape index (κ1) is 18.3. The third-order valence-electron chi connectivity index (χ3n) is 5.24. The first-order valence-corrected chi connectivity index (χ1v) is 10.2. The Hall–Kier alpha value is -3.74. The Bertz CT molecular complexity index is 1140. The molecule has 7 heteroatoms. The number of nitrogens with zero attached hydrogens (tertiary/aromatic N) is 5. The summed E-state index contributed by atoms with van der Waals surface area (Å²) in [6.45, 7) is 0.515. The van der Waals surface area contributed by atoms with Crippen LogP contribution in [-0.2, 0) is 6.42 Å². The Labute approximate surface area is 174 Å². The standard InChI is InChI=1S/C23H22N6O/c30-23(24-14-13-17-15-25-28(16-17)19-7-3-1-4-8-19)21-22(18-11-12-18)29(27-26-21)20-9-5-2-6-10-20/h1-10,15-16,18H,11-14H2,(H,24,30). The number of benzene rings is 2. The maximum atomic E-state index is 12.8. The van der Waals surface area contributed by atoms with Crippen molar-refractivity contribution in [2.24, 2.45) is 0 Å². The molecule has 150 valence electrons. The van der Waals surface area contributed by atoms with E-state index in [9.17, 15) is 4.79 Å². The molecule has 0 saturated heterocycles. The lowest BCUT2D eigenvalue weighted by Gasteiger charge is -2.07. The van der Waals surface area contributed by atoms with Crippen molar-refractivity contribution in [3.05, 3.63) is 90.0 Å². The molecule has 4 aromatic rings. The van der Waals surface area contributed by atoms with Crippen molar-refractivity contribution >= 4 is 5.91 Å². The molecule has 2 aromatic carbocycles. The smallest absolute Gasteiger partial charge is 0.273 e. The molecule has 0 radical (unpaired) electrons. The molecule has 2 aromatic heterocycles. The lowest BCUT2D eigenvalue weighted by molar-refractivity contribution is 0.0948. The predicted octanol–water partition coefficient (Wildman–Crippen LogP) is 3.30. The van der Waals surface area contributed by atoms with Gasteiger partial charge in [0.2, 0.25) is 0 Å². The molecule has 5 rings (SSSR count). The quantitative estimate of drug-likeness (QED) is 0.518. The topological polar surface area (TPSA) is 77.6 Å². The number of para-hydroxylation sites is 2. The van der Waals surface area contributed by atoms with Crippen molar-refractivity contribution in [1.29, 1.82) is 0 Å². The van der Waals surface area contributed by atoms with Crippen molar-refractivity contribution in [1.82, 2.24) is 30.1 Å². The normalized spacial score (nSPS) is 13.3. The Kier molecular flexibility index (Phi) is 4.85. The fourth-order valence-electron chi connectivity index (χ4n) is 3.55. The molecule has 1 fully saturated rings. The molecule has 0 spiro atoms. The van der Waals surface area contributed by atoms with Gasteiger partial charge in [-0.3, -0.25) is 4.79 Å². The molecule has 1 aliphatic carbocycles. The van der Waals surface area contributed by atoms with Gasteiger partial charge in [-0.05, 0) is 49.1 Å². The number of rotatable bonds is 7. The van der Waals surface area contributed by atoms with E-state index in [4.69, 9.17) is 0 Å². The van der Waals surface area contributed by atoms with Crippen molar-refractivity contribution in [2.75, 3.05) is 6.54 Å². The Balaban J connectivity index is 1.26. The summed E-state index contributed by atoms with van der Waals surface area (Å²) >= 11 is 0. The number of nitrogens with one attached hydrogen (secondary N) is 1. The lowest BCUT2D eigenvalue weighted by Crippen LogP contribution is -2.27. The van der Waals surface area contributed by atoms with Crippen LogP contribution in [0, 0.1) is 0 Å². The number of carbonyl (C=O) groups excluding carboxylic acids is 1. The number of hydrogen-bond acceptors (Lipinski definition) is 4. The van der Waals surface area contributed by atoms with Crippen LogP contribution in [0.15, 0.2) is 73.1 Å². The molecule has 7 nitrogen and oxygen atoms in total. The largest absolute Gasteiger partial charge is 0.350 e. The Morgan fingerprint density at radius 2 is 1.70 bits per heavy atom. The van der Waals surface area contributed by atoms with Gasteiger partial charge in [0, 0.05) is 18.7 Å². The second kappa shape index (κ2) is 7.94. The van der Waals surface area contributed by atoms with E-state index in [0.29, 0.717) is 24.6 Å². The summed E-state index contributed by atoms with van der Waals surface area (Å²) in [7, 11) is 0. The highest BCUT2D eigenvalue weighted by molar-refractivity contribution is 5.93. The van der Waals surface area contributed by atoms with Crippen LogP contribution in [0.4, 0.5) is 0 Å². The van der Waals surface area contributed by atoms with Gasteiger partial charge < -0.3 is 5.32 Å². The van der Waals surface area contributed by atoms with E-state index >= 15 is 0 Å². The Morgan fingerprint density at radius 3 is 2.40 bits per heavy atom. The minimum Gasteiger partial charge on any atom is -0.350 e. The van der Waals surface area contributed by atoms with Gasteiger partial charge in [-0.15, -0.1) is 5.10 Å². The van der Waals surface area contributed by atoms with E-state index in [-0.39, 0.29) is 5.91 Å². The van der Waals surface area contributed by atoms with Crippen molar-refractivity contribution in [3.8, 4) is 11.4 Å². The van der Waals surface area contributed by atoms with Gasteiger partial charge in [0.05, 0.1) is 23.3 Å². The second-order valence-electron chi connectivity index (χ2n) is 7.48. The van der Waals surface area contributed by atoms with Crippen LogP contribution in [0.2, 0.25) is 0 Å². The van der Waals surface area contributed by atoms with Crippen LogP contribution in [0.25, 0.3) is 11.4 Å². The SMILES string of the molecule is O=C(NCCc1cnn(-c2ccccc2)c1)c1nnn(-c2ccccc2)c1C1CC1. The predicted molar refractivity (Wildman–Crippen MR) is 113 cm³/mol. The summed E-state index contributed by atoms with van der Waals surface area (Å²) in [6.07, 6.45) is 6.66. The number of hydrogen-bond donors (Lipinski definition) is 1. The molecule has 1 amide bonds. The molecule has 0 bridgehead atoms. The van der Waals surface area contributed by atoms with E-state index < -0.39 is 0 Å². The highest BCUT2D eigenvalue weighted by atomic mass is 16.2. The third kappa shape index (κ3) is 3.74. The monoisotopic (exact) mass is 398 g/mol. The molecule has 1 saturated carbocycles. The highest BCUT2D eigenvalue weighted by Crippen LogP contribution is 2.41. The van der Waals surface area contributed by atoms with Crippen molar-refractivity contribution in [3.63, 3.8) is 0 Å². The molecule has 0 aliphatic heterocycles. The number of aromatic nitrogens is 5. The molecular formula is C23H22N6O. The van der Waals surface area contributed by atoms with Crippen LogP contribution in [0.1, 0.15) is 40.5 Å². The van der Waals surface area contributed by atoms with E-state index in [1.165, 1.54) is 0 Å². The van der Waals surface area contributed by atoms with Crippen molar-refractivity contribution < 1.29 is 4.79 Å². The molecule has 2 heterocycles. The molecule has 0 unspecified atom stereocenters. The van der Waals surface area contributed by atoms with Crippen LogP contribution in [-0.4, -0.2) is 37.2 Å².